The van der Waals surface area contributed by atoms with E-state index in [4.69, 9.17) is 16.3 Å². The normalized spacial score (nSPS) is 23.9. The van der Waals surface area contributed by atoms with Gasteiger partial charge in [0.05, 0.1) is 27.0 Å². The maximum absolute atomic E-state index is 13.7. The van der Waals surface area contributed by atoms with Crippen molar-refractivity contribution in [1.82, 2.24) is 9.55 Å². The summed E-state index contributed by atoms with van der Waals surface area (Å²) in [5.74, 6) is 0.905. The van der Waals surface area contributed by atoms with Gasteiger partial charge >= 0.3 is 0 Å². The molecule has 114 valence electrons. The van der Waals surface area contributed by atoms with Crippen molar-refractivity contribution in [3.8, 4) is 0 Å². The minimum Gasteiger partial charge on any atom is -0.378 e. The zero-order valence-corrected chi connectivity index (χ0v) is 14.3. The fourth-order valence-electron chi connectivity index (χ4n) is 2.88. The molecule has 1 aliphatic heterocycles. The summed E-state index contributed by atoms with van der Waals surface area (Å²) in [7, 11) is 0. The summed E-state index contributed by atoms with van der Waals surface area (Å²) in [5, 5.41) is -0.225. The van der Waals surface area contributed by atoms with Gasteiger partial charge in [0, 0.05) is 25.1 Å². The van der Waals surface area contributed by atoms with Crippen LogP contribution in [-0.2, 0) is 11.3 Å². The monoisotopic (exact) mass is 374 g/mol. The molecule has 6 heteroatoms. The second-order valence-corrected chi connectivity index (χ2v) is 7.09. The Kier molecular flexibility index (Phi) is 4.26. The van der Waals surface area contributed by atoms with E-state index < -0.39 is 0 Å². The summed E-state index contributed by atoms with van der Waals surface area (Å²) in [5.41, 5.74) is 1.55. The van der Waals surface area contributed by atoms with Gasteiger partial charge in [0.1, 0.15) is 11.6 Å². The Balaban J connectivity index is 2.09. The molecule has 2 heterocycles. The summed E-state index contributed by atoms with van der Waals surface area (Å²) >= 11 is 9.51. The van der Waals surface area contributed by atoms with Crippen LogP contribution in [0.4, 0.5) is 4.39 Å². The molecule has 1 saturated heterocycles. The van der Waals surface area contributed by atoms with Crippen molar-refractivity contribution < 1.29 is 9.13 Å². The topological polar surface area (TPSA) is 27.1 Å². The Morgan fingerprint density at radius 2 is 2.33 bits per heavy atom. The number of aromatic nitrogens is 2. The van der Waals surface area contributed by atoms with Crippen LogP contribution in [0, 0.1) is 11.7 Å². The van der Waals surface area contributed by atoms with E-state index in [1.165, 1.54) is 6.07 Å². The van der Waals surface area contributed by atoms with Gasteiger partial charge < -0.3 is 9.30 Å². The van der Waals surface area contributed by atoms with Crippen molar-refractivity contribution in [2.45, 2.75) is 38.3 Å². The summed E-state index contributed by atoms with van der Waals surface area (Å²) in [4.78, 5) is 4.51. The summed E-state index contributed by atoms with van der Waals surface area (Å²) in [6, 6.07) is 3.23. The molecule has 3 unspecified atom stereocenters. The van der Waals surface area contributed by atoms with Crippen LogP contribution in [0.5, 0.6) is 0 Å². The van der Waals surface area contributed by atoms with Crippen molar-refractivity contribution in [1.29, 1.82) is 0 Å². The quantitative estimate of drug-likeness (QED) is 0.729. The number of benzene rings is 1. The van der Waals surface area contributed by atoms with E-state index in [1.54, 1.807) is 6.07 Å². The Bertz CT molecular complexity index is 673. The van der Waals surface area contributed by atoms with Crippen LogP contribution >= 0.6 is 27.5 Å². The summed E-state index contributed by atoms with van der Waals surface area (Å²) < 4.78 is 21.9. The van der Waals surface area contributed by atoms with Crippen LogP contribution < -0.4 is 0 Å². The number of hydrogen-bond acceptors (Lipinski definition) is 2. The molecule has 0 spiro atoms. The highest BCUT2D eigenvalue weighted by Crippen LogP contribution is 2.31. The first-order valence-electron chi connectivity index (χ1n) is 7.08. The first-order chi connectivity index (χ1) is 9.97. The lowest BCUT2D eigenvalue weighted by Crippen LogP contribution is -2.19. The van der Waals surface area contributed by atoms with E-state index in [9.17, 15) is 4.39 Å². The molecule has 0 amide bonds. The van der Waals surface area contributed by atoms with E-state index in [2.05, 4.69) is 32.4 Å². The van der Waals surface area contributed by atoms with Crippen molar-refractivity contribution >= 4 is 38.6 Å². The van der Waals surface area contributed by atoms with Gasteiger partial charge in [0.2, 0.25) is 0 Å². The van der Waals surface area contributed by atoms with Crippen molar-refractivity contribution in [3.63, 3.8) is 0 Å². The average Bonchev–Trinajstić information content (AvgIpc) is 2.97. The van der Waals surface area contributed by atoms with Crippen LogP contribution in [0.25, 0.3) is 11.0 Å². The summed E-state index contributed by atoms with van der Waals surface area (Å²) in [6.07, 6.45) is 1.25. The number of nitrogens with zero attached hydrogens (tertiary/aromatic N) is 2. The van der Waals surface area contributed by atoms with Gasteiger partial charge in [-0.15, -0.1) is 11.6 Å². The fraction of sp³-hybridized carbons (Fsp3) is 0.533. The highest BCUT2D eigenvalue weighted by molar-refractivity contribution is 9.10. The first kappa shape index (κ1) is 15.3. The lowest BCUT2D eigenvalue weighted by molar-refractivity contribution is 0.102. The van der Waals surface area contributed by atoms with E-state index in [-0.39, 0.29) is 17.3 Å². The zero-order chi connectivity index (χ0) is 15.1. The van der Waals surface area contributed by atoms with Crippen LogP contribution in [-0.4, -0.2) is 22.3 Å². The van der Waals surface area contributed by atoms with Gasteiger partial charge in [-0.2, -0.15) is 0 Å². The van der Waals surface area contributed by atoms with Gasteiger partial charge in [0.25, 0.3) is 0 Å². The minimum atomic E-state index is -0.307. The predicted octanol–water partition coefficient (Wildman–Crippen LogP) is 4.66. The number of halogens is 3. The number of imidazole rings is 1. The molecule has 0 saturated carbocycles. The molecule has 2 aromatic rings. The Morgan fingerprint density at radius 3 is 2.95 bits per heavy atom. The lowest BCUT2D eigenvalue weighted by Gasteiger charge is -2.18. The number of alkyl halides is 1. The van der Waals surface area contributed by atoms with Crippen LogP contribution in [0.2, 0.25) is 0 Å². The fourth-order valence-corrected chi connectivity index (χ4v) is 3.38. The van der Waals surface area contributed by atoms with E-state index in [0.29, 0.717) is 15.9 Å². The van der Waals surface area contributed by atoms with Crippen molar-refractivity contribution in [3.05, 3.63) is 28.2 Å². The smallest absolute Gasteiger partial charge is 0.139 e. The maximum atomic E-state index is 13.7. The molecule has 0 N–H and O–H groups in total. The minimum absolute atomic E-state index is 0.225. The lowest BCUT2D eigenvalue weighted by atomic mass is 10.0. The third-order valence-electron chi connectivity index (χ3n) is 4.13. The Morgan fingerprint density at radius 1 is 1.57 bits per heavy atom. The van der Waals surface area contributed by atoms with Crippen LogP contribution in [0.1, 0.15) is 31.5 Å². The van der Waals surface area contributed by atoms with E-state index in [0.717, 1.165) is 30.9 Å². The molecule has 3 nitrogen and oxygen atoms in total. The highest BCUT2D eigenvalue weighted by atomic mass is 79.9. The number of ether oxygens (including phenoxy) is 1. The molecule has 21 heavy (non-hydrogen) atoms. The van der Waals surface area contributed by atoms with E-state index in [1.807, 2.05) is 6.92 Å². The molecule has 0 aliphatic carbocycles. The second kappa shape index (κ2) is 5.86. The molecule has 3 atom stereocenters. The Labute approximate surface area is 136 Å². The molecule has 1 aromatic carbocycles. The molecule has 0 bridgehead atoms. The Hall–Kier alpha value is -0.650. The second-order valence-electron chi connectivity index (χ2n) is 5.58. The molecule has 3 rings (SSSR count). The standard InChI is InChI=1S/C15H17BrClFN2O/c1-8(17)15-19-13-6-12(18)11(16)5-14(13)20(15)7-10-3-4-21-9(10)2/h5-6,8-10H,3-4,7H2,1-2H3. The number of hydrogen-bond donors (Lipinski definition) is 0. The van der Waals surface area contributed by atoms with Crippen molar-refractivity contribution in [2.24, 2.45) is 5.92 Å². The first-order valence-corrected chi connectivity index (χ1v) is 8.31. The number of fused-ring (bicyclic) bond motifs is 1. The molecular weight excluding hydrogens is 359 g/mol. The van der Waals surface area contributed by atoms with E-state index >= 15 is 0 Å². The molecular formula is C15H17BrClFN2O. The molecule has 1 aromatic heterocycles. The highest BCUT2D eigenvalue weighted by Gasteiger charge is 2.27. The van der Waals surface area contributed by atoms with Crippen LogP contribution in [0.15, 0.2) is 16.6 Å². The number of rotatable bonds is 3. The van der Waals surface area contributed by atoms with Gasteiger partial charge in [-0.3, -0.25) is 0 Å². The zero-order valence-electron chi connectivity index (χ0n) is 11.9. The van der Waals surface area contributed by atoms with Crippen LogP contribution in [0.3, 0.4) is 0 Å². The SMILES string of the molecule is CC(Cl)c1nc2cc(F)c(Br)cc2n1CC1CCOC1C. The van der Waals surface area contributed by atoms with Crippen molar-refractivity contribution in [2.75, 3.05) is 6.61 Å². The maximum Gasteiger partial charge on any atom is 0.139 e. The molecule has 1 aliphatic rings. The summed E-state index contributed by atoms with van der Waals surface area (Å²) in [6.45, 7) is 5.57. The average molecular weight is 376 g/mol. The molecule has 1 fully saturated rings. The van der Waals surface area contributed by atoms with Gasteiger partial charge in [-0.25, -0.2) is 9.37 Å². The predicted molar refractivity (Wildman–Crippen MR) is 85.2 cm³/mol. The third-order valence-corrected chi connectivity index (χ3v) is 4.93. The van der Waals surface area contributed by atoms with Gasteiger partial charge in [0.15, 0.2) is 0 Å². The largest absolute Gasteiger partial charge is 0.378 e. The van der Waals surface area contributed by atoms with Gasteiger partial charge in [-0.1, -0.05) is 0 Å². The molecule has 0 radical (unpaired) electrons. The van der Waals surface area contributed by atoms with Gasteiger partial charge in [-0.05, 0) is 42.3 Å². The third kappa shape index (κ3) is 2.83.